The van der Waals surface area contributed by atoms with Crippen molar-refractivity contribution in [3.8, 4) is 22.8 Å². The molecule has 0 radical (unpaired) electrons. The lowest BCUT2D eigenvalue weighted by Crippen LogP contribution is -2.42. The van der Waals surface area contributed by atoms with Crippen molar-refractivity contribution < 1.29 is 22.7 Å². The third-order valence-electron chi connectivity index (χ3n) is 5.61. The fourth-order valence-corrected chi connectivity index (χ4v) is 3.82. The van der Waals surface area contributed by atoms with Gasteiger partial charge >= 0.3 is 12.2 Å². The first-order valence-corrected chi connectivity index (χ1v) is 12.0. The minimum atomic E-state index is -4.40. The molecule has 1 heterocycles. The van der Waals surface area contributed by atoms with Crippen LogP contribution in [0, 0.1) is 6.92 Å². The minimum absolute atomic E-state index is 0.279. The van der Waals surface area contributed by atoms with Gasteiger partial charge in [0.15, 0.2) is 5.82 Å². The molecule has 12 heteroatoms. The second-order valence-corrected chi connectivity index (χ2v) is 8.83. The van der Waals surface area contributed by atoms with E-state index >= 15 is 0 Å². The largest absolute Gasteiger partial charge is 0.497 e. The zero-order valence-electron chi connectivity index (χ0n) is 20.5. The number of rotatable bonds is 8. The zero-order valence-corrected chi connectivity index (χ0v) is 21.3. The number of ether oxygens (including phenoxy) is 1. The number of nitrogens with one attached hydrogen (secondary N) is 3. The van der Waals surface area contributed by atoms with E-state index in [4.69, 9.17) is 4.74 Å². The Morgan fingerprint density at radius 3 is 2.42 bits per heavy atom. The first-order chi connectivity index (χ1) is 18.1. The number of urea groups is 1. The van der Waals surface area contributed by atoms with Crippen molar-refractivity contribution in [2.24, 2.45) is 0 Å². The van der Waals surface area contributed by atoms with Crippen molar-refractivity contribution in [2.75, 3.05) is 12.4 Å². The number of aryl methyl sites for hydroxylation is 1. The average molecular weight is 543 g/mol. The topological polar surface area (TPSA) is 93.1 Å². The Balaban J connectivity index is 1.29. The third kappa shape index (κ3) is 6.76. The molecular formula is C26H25F3N6O2S. The van der Waals surface area contributed by atoms with E-state index in [1.54, 1.807) is 19.2 Å². The molecule has 3 aromatic carbocycles. The van der Waals surface area contributed by atoms with Crippen molar-refractivity contribution in [2.45, 2.75) is 25.1 Å². The van der Waals surface area contributed by atoms with E-state index < -0.39 is 23.3 Å². The lowest BCUT2D eigenvalue weighted by molar-refractivity contribution is -0.137. The predicted molar refractivity (Wildman–Crippen MR) is 141 cm³/mol. The highest BCUT2D eigenvalue weighted by atomic mass is 32.1. The van der Waals surface area contributed by atoms with Gasteiger partial charge < -0.3 is 20.7 Å². The third-order valence-corrected chi connectivity index (χ3v) is 5.87. The van der Waals surface area contributed by atoms with E-state index in [2.05, 4.69) is 38.7 Å². The van der Waals surface area contributed by atoms with Crippen LogP contribution in [0.15, 0.2) is 73.1 Å². The fourth-order valence-electron chi connectivity index (χ4n) is 3.56. The first kappa shape index (κ1) is 26.9. The van der Waals surface area contributed by atoms with Crippen LogP contribution in [-0.4, -0.2) is 33.4 Å². The first-order valence-electron chi connectivity index (χ1n) is 11.4. The standard InChI is InChI=1S/C26H25F3N6O2S/c1-16-13-21(37-2)11-12-22(16)32-25(38)33-24(36)30-14-17-3-5-18(6-4-17)23-31-15-35(34-23)20-9-7-19(8-10-20)26(27,28)29/h3-13,15,25,32,38H,14H2,1-2H3,(H2,30,33,36). The average Bonchev–Trinajstić information content (AvgIpc) is 3.39. The van der Waals surface area contributed by atoms with E-state index in [1.165, 1.54) is 23.1 Å². The van der Waals surface area contributed by atoms with Gasteiger partial charge in [-0.25, -0.2) is 14.5 Å². The summed E-state index contributed by atoms with van der Waals surface area (Å²) in [6.07, 6.45) is -2.96. The second kappa shape index (κ2) is 11.5. The Kier molecular flexibility index (Phi) is 8.10. The number of aromatic nitrogens is 3. The maximum absolute atomic E-state index is 12.8. The van der Waals surface area contributed by atoms with E-state index in [0.717, 1.165) is 40.3 Å². The van der Waals surface area contributed by atoms with Gasteiger partial charge in [0.25, 0.3) is 0 Å². The Morgan fingerprint density at radius 2 is 1.79 bits per heavy atom. The van der Waals surface area contributed by atoms with Crippen LogP contribution < -0.4 is 20.7 Å². The van der Waals surface area contributed by atoms with Gasteiger partial charge in [-0.1, -0.05) is 24.3 Å². The zero-order chi connectivity index (χ0) is 27.3. The van der Waals surface area contributed by atoms with Gasteiger partial charge in [-0.15, -0.1) is 17.7 Å². The molecule has 38 heavy (non-hydrogen) atoms. The summed E-state index contributed by atoms with van der Waals surface area (Å²) >= 11 is 4.38. The molecule has 2 amide bonds. The number of amides is 2. The molecule has 4 rings (SSSR count). The van der Waals surface area contributed by atoms with Gasteiger partial charge in [0.1, 0.15) is 17.6 Å². The monoisotopic (exact) mass is 542 g/mol. The van der Waals surface area contributed by atoms with E-state index in [1.807, 2.05) is 37.3 Å². The molecule has 1 aromatic heterocycles. The molecule has 0 spiro atoms. The number of halogens is 3. The number of carbonyl (C=O) groups is 1. The minimum Gasteiger partial charge on any atom is -0.497 e. The van der Waals surface area contributed by atoms with E-state index in [9.17, 15) is 18.0 Å². The Labute approximate surface area is 222 Å². The molecule has 3 N–H and O–H groups in total. The number of methoxy groups -OCH3 is 1. The van der Waals surface area contributed by atoms with Crippen LogP contribution in [0.2, 0.25) is 0 Å². The molecule has 0 aliphatic rings. The van der Waals surface area contributed by atoms with Crippen LogP contribution >= 0.6 is 12.6 Å². The molecular weight excluding hydrogens is 517 g/mol. The highest BCUT2D eigenvalue weighted by molar-refractivity contribution is 7.81. The summed E-state index contributed by atoms with van der Waals surface area (Å²) in [6.45, 7) is 2.20. The number of thiol groups is 1. The summed E-state index contributed by atoms with van der Waals surface area (Å²) < 4.78 is 44.9. The number of hydrogen-bond donors (Lipinski definition) is 4. The molecule has 1 unspecified atom stereocenters. The highest BCUT2D eigenvalue weighted by Gasteiger charge is 2.30. The molecule has 0 saturated carbocycles. The van der Waals surface area contributed by atoms with Gasteiger partial charge in [-0.3, -0.25) is 0 Å². The Bertz CT molecular complexity index is 1390. The van der Waals surface area contributed by atoms with Crippen molar-refractivity contribution in [1.29, 1.82) is 0 Å². The number of nitrogens with zero attached hydrogens (tertiary/aromatic N) is 3. The summed E-state index contributed by atoms with van der Waals surface area (Å²) in [6, 6.07) is 17.1. The van der Waals surface area contributed by atoms with Crippen molar-refractivity contribution >= 4 is 24.3 Å². The van der Waals surface area contributed by atoms with Crippen molar-refractivity contribution in [1.82, 2.24) is 25.4 Å². The van der Waals surface area contributed by atoms with E-state index in [0.29, 0.717) is 11.5 Å². The fraction of sp³-hybridized carbons (Fsp3) is 0.192. The van der Waals surface area contributed by atoms with Crippen molar-refractivity contribution in [3.63, 3.8) is 0 Å². The summed E-state index contributed by atoms with van der Waals surface area (Å²) in [5.74, 6) is 1.16. The van der Waals surface area contributed by atoms with Crippen LogP contribution in [0.3, 0.4) is 0 Å². The second-order valence-electron chi connectivity index (χ2n) is 8.31. The number of hydrogen-bond acceptors (Lipinski definition) is 6. The van der Waals surface area contributed by atoms with Gasteiger partial charge in [-0.05, 0) is 60.5 Å². The molecule has 0 saturated heterocycles. The van der Waals surface area contributed by atoms with Crippen LogP contribution in [0.25, 0.3) is 17.1 Å². The van der Waals surface area contributed by atoms with Gasteiger partial charge in [0.05, 0.1) is 18.4 Å². The molecule has 4 aromatic rings. The SMILES string of the molecule is COc1ccc(NC(S)NC(=O)NCc2ccc(-c3ncn(-c4ccc(C(F)(F)F)cc4)n3)cc2)c(C)c1. The summed E-state index contributed by atoms with van der Waals surface area (Å²) in [4.78, 5) is 16.5. The lowest BCUT2D eigenvalue weighted by atomic mass is 10.1. The van der Waals surface area contributed by atoms with E-state index in [-0.39, 0.29) is 6.54 Å². The maximum Gasteiger partial charge on any atom is 0.416 e. The quantitative estimate of drug-likeness (QED) is 0.177. The number of benzene rings is 3. The summed E-state index contributed by atoms with van der Waals surface area (Å²) in [5, 5.41) is 12.9. The van der Waals surface area contributed by atoms with Crippen LogP contribution in [0.1, 0.15) is 16.7 Å². The van der Waals surface area contributed by atoms with Crippen LogP contribution in [0.5, 0.6) is 5.75 Å². The number of carbonyl (C=O) groups excluding carboxylic acids is 1. The lowest BCUT2D eigenvalue weighted by Gasteiger charge is -2.18. The maximum atomic E-state index is 12.8. The van der Waals surface area contributed by atoms with Gasteiger partial charge in [-0.2, -0.15) is 13.2 Å². The molecule has 1 atom stereocenters. The van der Waals surface area contributed by atoms with Crippen LogP contribution in [-0.2, 0) is 12.7 Å². The molecule has 0 aliphatic carbocycles. The Morgan fingerprint density at radius 1 is 1.08 bits per heavy atom. The molecule has 0 fully saturated rings. The molecule has 8 nitrogen and oxygen atoms in total. The molecule has 0 aliphatic heterocycles. The molecule has 0 bridgehead atoms. The highest BCUT2D eigenvalue weighted by Crippen LogP contribution is 2.29. The van der Waals surface area contributed by atoms with Gasteiger partial charge in [0.2, 0.25) is 0 Å². The number of alkyl halides is 3. The molecule has 198 valence electrons. The Hall–Kier alpha value is -4.19. The normalized spacial score (nSPS) is 12.1. The predicted octanol–water partition coefficient (Wildman–Crippen LogP) is 5.39. The van der Waals surface area contributed by atoms with Crippen molar-refractivity contribution in [3.05, 3.63) is 89.7 Å². The van der Waals surface area contributed by atoms with Crippen LogP contribution in [0.4, 0.5) is 23.7 Å². The smallest absolute Gasteiger partial charge is 0.416 e. The number of anilines is 1. The van der Waals surface area contributed by atoms with Gasteiger partial charge in [0, 0.05) is 17.8 Å². The summed E-state index contributed by atoms with van der Waals surface area (Å²) in [5.41, 5.74) is 2.45. The summed E-state index contributed by atoms with van der Waals surface area (Å²) in [7, 11) is 1.60.